The molecule has 0 aliphatic heterocycles. The Kier molecular flexibility index (Phi) is 5.55. The number of aromatic carboxylic acids is 1. The van der Waals surface area contributed by atoms with E-state index in [4.69, 9.17) is 4.42 Å². The second kappa shape index (κ2) is 8.51. The Labute approximate surface area is 206 Å². The van der Waals surface area contributed by atoms with Crippen LogP contribution in [0.15, 0.2) is 55.1 Å². The number of aromatic nitrogens is 3. The first-order valence-corrected chi connectivity index (χ1v) is 11.3. The zero-order valence-electron chi connectivity index (χ0n) is 18.6. The summed E-state index contributed by atoms with van der Waals surface area (Å²) < 4.78 is 52.3. The third-order valence-electron chi connectivity index (χ3n) is 5.69. The van der Waals surface area contributed by atoms with Gasteiger partial charge in [0.25, 0.3) is 5.56 Å². The molecule has 0 aliphatic rings. The molecule has 5 aromatic rings. The number of furan rings is 1. The number of carbonyl (C=O) groups is 2. The normalized spacial score (nSPS) is 11.9. The number of rotatable bonds is 5. The van der Waals surface area contributed by atoms with Crippen LogP contribution in [0, 0.1) is 0 Å². The van der Waals surface area contributed by atoms with Crippen molar-refractivity contribution in [2.75, 3.05) is 7.11 Å². The minimum atomic E-state index is -4.79. The van der Waals surface area contributed by atoms with E-state index in [0.717, 1.165) is 35.1 Å². The number of ether oxygens (including phenoxy) is 1. The molecule has 0 unspecified atom stereocenters. The van der Waals surface area contributed by atoms with Crippen LogP contribution in [0.3, 0.4) is 0 Å². The summed E-state index contributed by atoms with van der Waals surface area (Å²) in [6.07, 6.45) is -4.79. The van der Waals surface area contributed by atoms with Gasteiger partial charge in [-0.05, 0) is 30.3 Å². The summed E-state index contributed by atoms with van der Waals surface area (Å²) in [5.74, 6) is -2.52. The van der Waals surface area contributed by atoms with Crippen LogP contribution < -0.4 is 11.2 Å². The largest absolute Gasteiger partial charge is 0.477 e. The summed E-state index contributed by atoms with van der Waals surface area (Å²) in [7, 11) is 1.14. The lowest BCUT2D eigenvalue weighted by atomic mass is 10.1. The van der Waals surface area contributed by atoms with E-state index in [1.165, 1.54) is 22.9 Å². The van der Waals surface area contributed by atoms with Gasteiger partial charge in [-0.25, -0.2) is 19.0 Å². The number of thiophene rings is 1. The van der Waals surface area contributed by atoms with E-state index in [9.17, 15) is 37.5 Å². The van der Waals surface area contributed by atoms with Crippen LogP contribution in [0.2, 0.25) is 0 Å². The number of benzene rings is 1. The summed E-state index contributed by atoms with van der Waals surface area (Å²) >= 11 is 1.11. The molecule has 5 rings (SSSR count). The van der Waals surface area contributed by atoms with Crippen LogP contribution in [0.25, 0.3) is 27.5 Å². The van der Waals surface area contributed by atoms with Crippen molar-refractivity contribution in [3.8, 4) is 5.69 Å². The quantitative estimate of drug-likeness (QED) is 0.328. The molecular weight excluding hydrogens is 519 g/mol. The van der Waals surface area contributed by atoms with Crippen molar-refractivity contribution in [2.45, 2.75) is 12.7 Å². The molecule has 190 valence electrons. The number of halogens is 3. The van der Waals surface area contributed by atoms with Crippen molar-refractivity contribution in [1.82, 2.24) is 14.1 Å². The molecule has 2 N–H and O–H groups in total. The number of H-pyrrole nitrogens is 1. The molecule has 0 saturated carbocycles. The first-order valence-electron chi connectivity index (χ1n) is 10.4. The Morgan fingerprint density at radius 1 is 1.14 bits per heavy atom. The van der Waals surface area contributed by atoms with Crippen molar-refractivity contribution in [3.05, 3.63) is 84.7 Å². The van der Waals surface area contributed by atoms with Gasteiger partial charge in [0.15, 0.2) is 5.69 Å². The van der Waals surface area contributed by atoms with Crippen LogP contribution in [-0.4, -0.2) is 38.3 Å². The Bertz CT molecular complexity index is 1840. The van der Waals surface area contributed by atoms with Gasteiger partial charge in [-0.2, -0.15) is 13.2 Å². The van der Waals surface area contributed by atoms with Gasteiger partial charge in [0.1, 0.15) is 5.76 Å². The molecule has 0 aliphatic carbocycles. The maximum absolute atomic E-state index is 13.6. The Balaban J connectivity index is 1.86. The standard InChI is InChI=1S/C23H14F3N3O7S/c1-35-21(33)16-5-3-11(36-16)7-28-15-4-2-10(23(24,25)26)6-12(15)17(18(28)20(31)32)29-19(30)13-8-37-9-14(13)27-22(29)34/h2-6,8-9H,7H2,1H3,(H,27,34)(H,31,32). The molecule has 4 heterocycles. The topological polar surface area (TPSA) is 137 Å². The predicted octanol–water partition coefficient (Wildman–Crippen LogP) is 3.84. The van der Waals surface area contributed by atoms with Gasteiger partial charge in [-0.3, -0.25) is 4.79 Å². The number of hydrogen-bond acceptors (Lipinski definition) is 7. The number of carbonyl (C=O) groups excluding carboxylic acids is 1. The number of nitrogens with one attached hydrogen (secondary N) is 1. The van der Waals surface area contributed by atoms with Crippen LogP contribution >= 0.6 is 11.3 Å². The molecule has 4 aromatic heterocycles. The molecule has 1 aromatic carbocycles. The number of methoxy groups -OCH3 is 1. The number of carboxylic acid groups (broad SMARTS) is 1. The van der Waals surface area contributed by atoms with Gasteiger partial charge < -0.3 is 23.8 Å². The van der Waals surface area contributed by atoms with Gasteiger partial charge in [-0.15, -0.1) is 11.3 Å². The van der Waals surface area contributed by atoms with E-state index in [2.05, 4.69) is 9.72 Å². The highest BCUT2D eigenvalue weighted by atomic mass is 32.1. The van der Waals surface area contributed by atoms with Gasteiger partial charge in [0.2, 0.25) is 5.76 Å². The van der Waals surface area contributed by atoms with E-state index < -0.39 is 46.3 Å². The number of aromatic amines is 1. The monoisotopic (exact) mass is 533 g/mol. The van der Waals surface area contributed by atoms with E-state index >= 15 is 0 Å². The van der Waals surface area contributed by atoms with Crippen molar-refractivity contribution in [3.63, 3.8) is 0 Å². The Morgan fingerprint density at radius 2 is 1.89 bits per heavy atom. The maximum Gasteiger partial charge on any atom is 0.416 e. The summed E-state index contributed by atoms with van der Waals surface area (Å²) in [5, 5.41) is 12.8. The summed E-state index contributed by atoms with van der Waals surface area (Å²) in [6, 6.07) is 5.13. The number of hydrogen-bond donors (Lipinski definition) is 2. The minimum absolute atomic E-state index is 0.0202. The van der Waals surface area contributed by atoms with Crippen LogP contribution in [0.1, 0.15) is 32.4 Å². The molecule has 0 radical (unpaired) electrons. The van der Waals surface area contributed by atoms with E-state index in [-0.39, 0.29) is 39.9 Å². The van der Waals surface area contributed by atoms with Crippen LogP contribution in [0.4, 0.5) is 13.2 Å². The van der Waals surface area contributed by atoms with Crippen LogP contribution in [-0.2, 0) is 17.5 Å². The molecule has 14 heteroatoms. The molecule has 0 amide bonds. The zero-order chi connectivity index (χ0) is 26.6. The van der Waals surface area contributed by atoms with E-state index in [1.54, 1.807) is 0 Å². The van der Waals surface area contributed by atoms with E-state index in [1.807, 2.05) is 0 Å². The molecule has 10 nitrogen and oxygen atoms in total. The minimum Gasteiger partial charge on any atom is -0.477 e. The number of fused-ring (bicyclic) bond motifs is 2. The van der Waals surface area contributed by atoms with Crippen molar-refractivity contribution in [2.24, 2.45) is 0 Å². The average molecular weight is 533 g/mol. The van der Waals surface area contributed by atoms with Crippen LogP contribution in [0.5, 0.6) is 0 Å². The van der Waals surface area contributed by atoms with Gasteiger partial charge in [0.05, 0.1) is 41.3 Å². The maximum atomic E-state index is 13.6. The lowest BCUT2D eigenvalue weighted by molar-refractivity contribution is -0.137. The number of esters is 1. The van der Waals surface area contributed by atoms with Gasteiger partial charge in [0, 0.05) is 16.1 Å². The van der Waals surface area contributed by atoms with Gasteiger partial charge in [-0.1, -0.05) is 0 Å². The number of carboxylic acids is 1. The predicted molar refractivity (Wildman–Crippen MR) is 125 cm³/mol. The first-order chi connectivity index (χ1) is 17.5. The molecule has 0 atom stereocenters. The van der Waals surface area contributed by atoms with Crippen molar-refractivity contribution < 1.29 is 37.0 Å². The van der Waals surface area contributed by atoms with Crippen molar-refractivity contribution >= 4 is 45.1 Å². The molecule has 37 heavy (non-hydrogen) atoms. The Hall–Kier alpha value is -4.59. The SMILES string of the molecule is COC(=O)c1ccc(Cn2c(C(=O)O)c(-n3c(=O)[nH]c4cscc4c3=O)c3cc(C(F)(F)F)ccc32)o1. The fourth-order valence-corrected chi connectivity index (χ4v) is 4.85. The zero-order valence-corrected chi connectivity index (χ0v) is 19.4. The number of nitrogens with zero attached hydrogens (tertiary/aromatic N) is 2. The highest BCUT2D eigenvalue weighted by Gasteiger charge is 2.33. The number of alkyl halides is 3. The smallest absolute Gasteiger partial charge is 0.416 e. The van der Waals surface area contributed by atoms with Crippen molar-refractivity contribution in [1.29, 1.82) is 0 Å². The third kappa shape index (κ3) is 3.91. The lowest BCUT2D eigenvalue weighted by Gasteiger charge is -2.08. The molecule has 0 bridgehead atoms. The highest BCUT2D eigenvalue weighted by molar-refractivity contribution is 7.09. The molecule has 0 spiro atoms. The average Bonchev–Trinajstić information content (AvgIpc) is 3.56. The molecule has 0 fully saturated rings. The van der Waals surface area contributed by atoms with Gasteiger partial charge >= 0.3 is 23.8 Å². The summed E-state index contributed by atoms with van der Waals surface area (Å²) in [5.41, 5.74) is -4.01. The second-order valence-corrected chi connectivity index (χ2v) is 8.59. The summed E-state index contributed by atoms with van der Waals surface area (Å²) in [4.78, 5) is 52.9. The first kappa shape index (κ1) is 24.1. The van der Waals surface area contributed by atoms with E-state index in [0.29, 0.717) is 10.6 Å². The second-order valence-electron chi connectivity index (χ2n) is 7.85. The fourth-order valence-electron chi connectivity index (χ4n) is 4.10. The lowest BCUT2D eigenvalue weighted by Crippen LogP contribution is -2.34. The summed E-state index contributed by atoms with van der Waals surface area (Å²) in [6.45, 7) is -0.353. The molecular formula is C23H14F3N3O7S. The molecule has 0 saturated heterocycles. The third-order valence-corrected chi connectivity index (χ3v) is 6.44. The Morgan fingerprint density at radius 3 is 2.57 bits per heavy atom. The highest BCUT2D eigenvalue weighted by Crippen LogP contribution is 2.36. The fraction of sp³-hybridized carbons (Fsp3) is 0.130.